The fraction of sp³-hybridized carbons (Fsp3) is 0.167. The van der Waals surface area contributed by atoms with Gasteiger partial charge in [0.1, 0.15) is 6.04 Å². The first kappa shape index (κ1) is 12.2. The molecule has 21 heavy (non-hydrogen) atoms. The number of hydrogen-bond donors (Lipinski definition) is 2. The van der Waals surface area contributed by atoms with Crippen LogP contribution in [0.2, 0.25) is 0 Å². The van der Waals surface area contributed by atoms with Gasteiger partial charge in [0.15, 0.2) is 5.96 Å². The minimum Gasteiger partial charge on any atom is -0.355 e. The second kappa shape index (κ2) is 5.09. The van der Waals surface area contributed by atoms with E-state index in [-0.39, 0.29) is 6.04 Å². The summed E-state index contributed by atoms with van der Waals surface area (Å²) in [5, 5.41) is 6.61. The van der Waals surface area contributed by atoms with Crippen molar-refractivity contribution >= 4 is 18.1 Å². The van der Waals surface area contributed by atoms with Gasteiger partial charge >= 0.3 is 0 Å². The molecule has 104 valence electrons. The maximum Gasteiger partial charge on any atom is 0.192 e. The van der Waals surface area contributed by atoms with E-state index in [9.17, 15) is 0 Å². The lowest BCUT2D eigenvalue weighted by Gasteiger charge is -2.17. The highest BCUT2D eigenvalue weighted by Gasteiger charge is 2.21. The van der Waals surface area contributed by atoms with E-state index in [0.717, 1.165) is 19.0 Å². The largest absolute Gasteiger partial charge is 0.355 e. The molecule has 1 saturated heterocycles. The van der Waals surface area contributed by atoms with Gasteiger partial charge in [-0.25, -0.2) is 4.99 Å². The molecule has 2 aliphatic rings. The Balaban J connectivity index is 1.90. The highest BCUT2D eigenvalue weighted by molar-refractivity contribution is 5.83. The molecule has 2 aromatic rings. The summed E-state index contributed by atoms with van der Waals surface area (Å²) < 4.78 is 0. The van der Waals surface area contributed by atoms with E-state index in [1.807, 2.05) is 0 Å². The highest BCUT2D eigenvalue weighted by Crippen LogP contribution is 2.35. The fourth-order valence-electron chi connectivity index (χ4n) is 2.95. The van der Waals surface area contributed by atoms with Crippen LogP contribution in [-0.4, -0.2) is 19.0 Å². The van der Waals surface area contributed by atoms with Gasteiger partial charge in [-0.15, -0.1) is 0 Å². The van der Waals surface area contributed by atoms with E-state index in [4.69, 9.17) is 4.99 Å². The van der Waals surface area contributed by atoms with Gasteiger partial charge in [0.05, 0.1) is 0 Å². The third-order valence-electron chi connectivity index (χ3n) is 3.99. The Labute approximate surface area is 124 Å². The number of guanidine groups is 1. The molecule has 3 nitrogen and oxygen atoms in total. The lowest BCUT2D eigenvalue weighted by atomic mass is 9.95. The Hall–Kier alpha value is -2.55. The van der Waals surface area contributed by atoms with Crippen LogP contribution in [0.25, 0.3) is 12.2 Å². The average molecular weight is 275 g/mol. The van der Waals surface area contributed by atoms with Crippen molar-refractivity contribution in [1.29, 1.82) is 0 Å². The van der Waals surface area contributed by atoms with Crippen molar-refractivity contribution in [3.8, 4) is 0 Å². The molecule has 0 atom stereocenters. The summed E-state index contributed by atoms with van der Waals surface area (Å²) in [5.41, 5.74) is 4.98. The van der Waals surface area contributed by atoms with Gasteiger partial charge in [0.2, 0.25) is 0 Å². The van der Waals surface area contributed by atoms with Gasteiger partial charge in [-0.2, -0.15) is 0 Å². The van der Waals surface area contributed by atoms with Crippen LogP contribution in [0.4, 0.5) is 0 Å². The highest BCUT2D eigenvalue weighted by atomic mass is 15.2. The zero-order chi connectivity index (χ0) is 14.1. The molecule has 1 aliphatic carbocycles. The molecule has 0 unspecified atom stereocenters. The van der Waals surface area contributed by atoms with Crippen molar-refractivity contribution in [3.63, 3.8) is 0 Å². The number of nitrogens with zero attached hydrogens (tertiary/aromatic N) is 1. The predicted molar refractivity (Wildman–Crippen MR) is 87.1 cm³/mol. The maximum absolute atomic E-state index is 4.93. The SMILES string of the molecule is C1=Cc2ccccc2C(N=C2NCCN2)c2ccccc21. The molecule has 4 rings (SSSR count). The predicted octanol–water partition coefficient (Wildman–Crippen LogP) is 2.81. The van der Waals surface area contributed by atoms with Crippen molar-refractivity contribution in [2.75, 3.05) is 13.1 Å². The second-order valence-electron chi connectivity index (χ2n) is 5.32. The van der Waals surface area contributed by atoms with Crippen LogP contribution < -0.4 is 10.6 Å². The van der Waals surface area contributed by atoms with E-state index in [1.165, 1.54) is 22.3 Å². The first-order chi connectivity index (χ1) is 10.4. The van der Waals surface area contributed by atoms with Gasteiger partial charge in [0.25, 0.3) is 0 Å². The minimum absolute atomic E-state index is 0.0282. The second-order valence-corrected chi connectivity index (χ2v) is 5.32. The van der Waals surface area contributed by atoms with Crippen LogP contribution in [0.1, 0.15) is 28.3 Å². The Bertz CT molecular complexity index is 673. The third-order valence-corrected chi connectivity index (χ3v) is 3.99. The molecule has 2 N–H and O–H groups in total. The van der Waals surface area contributed by atoms with E-state index in [0.29, 0.717) is 0 Å². The molecule has 0 saturated carbocycles. The van der Waals surface area contributed by atoms with Crippen LogP contribution in [0, 0.1) is 0 Å². The molecule has 0 radical (unpaired) electrons. The molecule has 0 amide bonds. The van der Waals surface area contributed by atoms with Gasteiger partial charge in [-0.3, -0.25) is 0 Å². The zero-order valence-corrected chi connectivity index (χ0v) is 11.7. The van der Waals surface area contributed by atoms with Crippen molar-refractivity contribution in [2.24, 2.45) is 4.99 Å². The summed E-state index contributed by atoms with van der Waals surface area (Å²) in [4.78, 5) is 4.93. The van der Waals surface area contributed by atoms with Crippen LogP contribution >= 0.6 is 0 Å². The summed E-state index contributed by atoms with van der Waals surface area (Å²) in [7, 11) is 0. The van der Waals surface area contributed by atoms with Gasteiger partial charge < -0.3 is 10.6 Å². The summed E-state index contributed by atoms with van der Waals surface area (Å²) in [6.45, 7) is 1.88. The number of aliphatic imine (C=N–C) groups is 1. The summed E-state index contributed by atoms with van der Waals surface area (Å²) in [6, 6.07) is 17.0. The number of hydrogen-bond acceptors (Lipinski definition) is 1. The van der Waals surface area contributed by atoms with Crippen LogP contribution in [0.15, 0.2) is 53.5 Å². The van der Waals surface area contributed by atoms with Crippen molar-refractivity contribution in [2.45, 2.75) is 6.04 Å². The number of nitrogens with one attached hydrogen (secondary N) is 2. The monoisotopic (exact) mass is 275 g/mol. The first-order valence-electron chi connectivity index (χ1n) is 7.33. The Morgan fingerprint density at radius 3 is 1.86 bits per heavy atom. The van der Waals surface area contributed by atoms with E-state index >= 15 is 0 Å². The van der Waals surface area contributed by atoms with Crippen LogP contribution in [-0.2, 0) is 0 Å². The molecule has 1 heterocycles. The molecular weight excluding hydrogens is 258 g/mol. The zero-order valence-electron chi connectivity index (χ0n) is 11.7. The molecule has 1 aliphatic heterocycles. The van der Waals surface area contributed by atoms with Crippen LogP contribution in [0.5, 0.6) is 0 Å². The quantitative estimate of drug-likeness (QED) is 0.839. The minimum atomic E-state index is 0.0282. The van der Waals surface area contributed by atoms with E-state index < -0.39 is 0 Å². The normalized spacial score (nSPS) is 16.5. The number of benzene rings is 2. The fourth-order valence-corrected chi connectivity index (χ4v) is 2.95. The smallest absolute Gasteiger partial charge is 0.192 e. The molecule has 0 bridgehead atoms. The standard InChI is InChI=1S/C18H17N3/c1-3-7-15-13(5-1)9-10-14-6-2-4-8-16(14)17(15)21-18-19-11-12-20-18/h1-10,17H,11-12H2,(H2,19,20,21). The Morgan fingerprint density at radius 1 is 0.762 bits per heavy atom. The van der Waals surface area contributed by atoms with Gasteiger partial charge in [-0.1, -0.05) is 60.7 Å². The summed E-state index contributed by atoms with van der Waals surface area (Å²) >= 11 is 0. The average Bonchev–Trinajstić information content (AvgIpc) is 2.99. The Kier molecular flexibility index (Phi) is 2.96. The molecule has 2 aromatic carbocycles. The first-order valence-corrected chi connectivity index (χ1v) is 7.33. The third kappa shape index (κ3) is 2.21. The lowest BCUT2D eigenvalue weighted by molar-refractivity contribution is 0.852. The van der Waals surface area contributed by atoms with Gasteiger partial charge in [-0.05, 0) is 22.3 Å². The molecule has 3 heteroatoms. The van der Waals surface area contributed by atoms with E-state index in [1.54, 1.807) is 0 Å². The van der Waals surface area contributed by atoms with Gasteiger partial charge in [0, 0.05) is 13.1 Å². The van der Waals surface area contributed by atoms with E-state index in [2.05, 4.69) is 71.3 Å². The van der Waals surface area contributed by atoms with Crippen molar-refractivity contribution in [1.82, 2.24) is 10.6 Å². The molecular formula is C18H17N3. The number of rotatable bonds is 1. The Morgan fingerprint density at radius 2 is 1.29 bits per heavy atom. The molecule has 1 fully saturated rings. The molecule has 0 aromatic heterocycles. The summed E-state index contributed by atoms with van der Waals surface area (Å²) in [5.74, 6) is 0.895. The number of fused-ring (bicyclic) bond motifs is 2. The molecule has 0 spiro atoms. The van der Waals surface area contributed by atoms with Crippen molar-refractivity contribution in [3.05, 3.63) is 70.8 Å². The summed E-state index contributed by atoms with van der Waals surface area (Å²) in [6.07, 6.45) is 4.37. The lowest BCUT2D eigenvalue weighted by Crippen LogP contribution is -2.25. The topological polar surface area (TPSA) is 36.4 Å². The van der Waals surface area contributed by atoms with Crippen LogP contribution in [0.3, 0.4) is 0 Å². The van der Waals surface area contributed by atoms with Crippen molar-refractivity contribution < 1.29 is 0 Å². The maximum atomic E-state index is 4.93.